The van der Waals surface area contributed by atoms with Gasteiger partial charge in [0.1, 0.15) is 5.76 Å². The summed E-state index contributed by atoms with van der Waals surface area (Å²) in [5.74, 6) is 1.35. The third-order valence-corrected chi connectivity index (χ3v) is 4.63. The van der Waals surface area contributed by atoms with Gasteiger partial charge in [-0.3, -0.25) is 0 Å². The average molecular weight is 321 g/mol. The molecule has 5 nitrogen and oxygen atoms in total. The molecule has 0 spiro atoms. The Hall–Kier alpha value is -2.08. The largest absolute Gasteiger partial charge is 0.497 e. The van der Waals surface area contributed by atoms with Gasteiger partial charge in [0.05, 0.1) is 19.1 Å². The van der Waals surface area contributed by atoms with E-state index in [0.717, 1.165) is 16.9 Å². The highest BCUT2D eigenvalue weighted by molar-refractivity contribution is 7.90. The summed E-state index contributed by atoms with van der Waals surface area (Å²) in [6.45, 7) is 1.90. The maximum Gasteiger partial charge on any atom is 0.282 e. The molecule has 0 fully saturated rings. The van der Waals surface area contributed by atoms with Crippen molar-refractivity contribution in [1.82, 2.24) is 0 Å². The van der Waals surface area contributed by atoms with Crippen molar-refractivity contribution in [3.8, 4) is 0 Å². The zero-order chi connectivity index (χ0) is 16.2. The van der Waals surface area contributed by atoms with Crippen molar-refractivity contribution in [2.45, 2.75) is 24.7 Å². The van der Waals surface area contributed by atoms with Gasteiger partial charge in [0.25, 0.3) is 10.0 Å². The number of aryl methyl sites for hydroxylation is 1. The molecular formula is C16H19NO4S. The van der Waals surface area contributed by atoms with Crippen LogP contribution >= 0.6 is 0 Å². The Balaban J connectivity index is 2.23. The van der Waals surface area contributed by atoms with Crippen molar-refractivity contribution in [1.29, 1.82) is 0 Å². The molecule has 0 radical (unpaired) electrons. The van der Waals surface area contributed by atoms with Crippen LogP contribution < -0.4 is 0 Å². The fourth-order valence-corrected chi connectivity index (χ4v) is 2.96. The number of rotatable bonds is 5. The Bertz CT molecular complexity index is 728. The molecule has 0 saturated carbocycles. The molecule has 1 aromatic rings. The molecule has 0 saturated heterocycles. The fourth-order valence-electron chi connectivity index (χ4n) is 2.09. The number of methoxy groups -OCH3 is 2. The predicted molar refractivity (Wildman–Crippen MR) is 85.2 cm³/mol. The van der Waals surface area contributed by atoms with Crippen LogP contribution in [0.4, 0.5) is 0 Å². The van der Waals surface area contributed by atoms with Gasteiger partial charge in [-0.1, -0.05) is 17.7 Å². The van der Waals surface area contributed by atoms with Gasteiger partial charge in [0, 0.05) is 12.6 Å². The second-order valence-corrected chi connectivity index (χ2v) is 6.57. The summed E-state index contributed by atoms with van der Waals surface area (Å²) in [6, 6.07) is 6.61. The van der Waals surface area contributed by atoms with E-state index in [-0.39, 0.29) is 4.90 Å². The quantitative estimate of drug-likeness (QED) is 0.782. The number of hydrogen-bond donors (Lipinski definition) is 0. The van der Waals surface area contributed by atoms with Crippen molar-refractivity contribution in [2.24, 2.45) is 4.40 Å². The molecule has 0 aliphatic heterocycles. The van der Waals surface area contributed by atoms with Crippen LogP contribution in [-0.2, 0) is 19.5 Å². The van der Waals surface area contributed by atoms with Crippen LogP contribution in [0, 0.1) is 6.92 Å². The maximum atomic E-state index is 12.2. The third kappa shape index (κ3) is 3.76. The number of nitrogens with zero attached hydrogens (tertiary/aromatic N) is 1. The second kappa shape index (κ2) is 6.79. The fraction of sp³-hybridized carbons (Fsp3) is 0.312. The normalized spacial score (nSPS) is 15.9. The zero-order valence-corrected chi connectivity index (χ0v) is 13.7. The molecular weight excluding hydrogens is 302 g/mol. The minimum Gasteiger partial charge on any atom is -0.497 e. The smallest absolute Gasteiger partial charge is 0.282 e. The molecule has 0 bridgehead atoms. The van der Waals surface area contributed by atoms with E-state index in [2.05, 4.69) is 4.40 Å². The molecule has 22 heavy (non-hydrogen) atoms. The SMILES string of the molecule is COC1=C(OC)CCC(/C=N\S(=O)(=O)c2ccc(C)cc2)=C1. The van der Waals surface area contributed by atoms with Gasteiger partial charge in [-0.25, -0.2) is 0 Å². The van der Waals surface area contributed by atoms with Gasteiger partial charge >= 0.3 is 0 Å². The number of allylic oxidation sites excluding steroid dienone is 3. The van der Waals surface area contributed by atoms with Crippen molar-refractivity contribution in [3.63, 3.8) is 0 Å². The van der Waals surface area contributed by atoms with Gasteiger partial charge in [-0.2, -0.15) is 12.8 Å². The summed E-state index contributed by atoms with van der Waals surface area (Å²) in [4.78, 5) is 0.186. The van der Waals surface area contributed by atoms with Gasteiger partial charge in [-0.05, 0) is 37.1 Å². The number of sulfonamides is 1. The zero-order valence-electron chi connectivity index (χ0n) is 12.9. The first-order valence-electron chi connectivity index (χ1n) is 6.85. The lowest BCUT2D eigenvalue weighted by molar-refractivity contribution is 0.218. The van der Waals surface area contributed by atoms with Crippen molar-refractivity contribution < 1.29 is 17.9 Å². The standard InChI is InChI=1S/C16H19NO4S/c1-12-4-7-14(8-5-12)22(18,19)17-11-13-6-9-15(20-2)16(10-13)21-3/h4-5,7-8,10-11H,6,9H2,1-3H3/b17-11-. The van der Waals surface area contributed by atoms with E-state index >= 15 is 0 Å². The van der Waals surface area contributed by atoms with Crippen LogP contribution in [0.1, 0.15) is 18.4 Å². The van der Waals surface area contributed by atoms with Crippen LogP contribution in [0.15, 0.2) is 56.7 Å². The Kier molecular flexibility index (Phi) is 5.03. The predicted octanol–water partition coefficient (Wildman–Crippen LogP) is 2.98. The third-order valence-electron chi connectivity index (χ3n) is 3.37. The summed E-state index contributed by atoms with van der Waals surface area (Å²) in [6.07, 6.45) is 4.43. The molecule has 1 aliphatic rings. The number of hydrogen-bond acceptors (Lipinski definition) is 4. The molecule has 1 aliphatic carbocycles. The molecule has 0 amide bonds. The van der Waals surface area contributed by atoms with Crippen molar-refractivity contribution in [3.05, 3.63) is 53.0 Å². The molecule has 118 valence electrons. The lowest BCUT2D eigenvalue weighted by Crippen LogP contribution is -2.05. The van der Waals surface area contributed by atoms with Gasteiger partial charge in [-0.15, -0.1) is 0 Å². The minimum absolute atomic E-state index is 0.186. The van der Waals surface area contributed by atoms with E-state index in [4.69, 9.17) is 9.47 Å². The summed E-state index contributed by atoms with van der Waals surface area (Å²) in [7, 11) is -0.543. The van der Waals surface area contributed by atoms with Gasteiger partial charge in [0.15, 0.2) is 5.76 Å². The molecule has 0 unspecified atom stereocenters. The van der Waals surface area contributed by atoms with Crippen LogP contribution in [0.25, 0.3) is 0 Å². The molecule has 2 rings (SSSR count). The minimum atomic E-state index is -3.68. The topological polar surface area (TPSA) is 65.0 Å². The highest BCUT2D eigenvalue weighted by atomic mass is 32.2. The summed E-state index contributed by atoms with van der Waals surface area (Å²) in [5.41, 5.74) is 1.79. The Morgan fingerprint density at radius 3 is 2.36 bits per heavy atom. The van der Waals surface area contributed by atoms with Gasteiger partial charge in [0.2, 0.25) is 0 Å². The average Bonchev–Trinajstić information content (AvgIpc) is 2.53. The lowest BCUT2D eigenvalue weighted by atomic mass is 10.0. The van der Waals surface area contributed by atoms with Crippen molar-refractivity contribution in [2.75, 3.05) is 14.2 Å². The van der Waals surface area contributed by atoms with E-state index in [1.165, 1.54) is 6.21 Å². The van der Waals surface area contributed by atoms with Gasteiger partial charge < -0.3 is 9.47 Å². The van der Waals surface area contributed by atoms with E-state index in [9.17, 15) is 8.42 Å². The first kappa shape index (κ1) is 16.3. The Morgan fingerprint density at radius 2 is 1.77 bits per heavy atom. The summed E-state index contributed by atoms with van der Waals surface area (Å²) < 4.78 is 38.5. The van der Waals surface area contributed by atoms with Crippen LogP contribution in [-0.4, -0.2) is 28.9 Å². The number of benzene rings is 1. The molecule has 0 N–H and O–H groups in total. The van der Waals surface area contributed by atoms with Crippen molar-refractivity contribution >= 4 is 16.2 Å². The monoisotopic (exact) mass is 321 g/mol. The van der Waals surface area contributed by atoms with E-state index in [1.807, 2.05) is 6.92 Å². The molecule has 1 aromatic carbocycles. The van der Waals surface area contributed by atoms with Crippen LogP contribution in [0.2, 0.25) is 0 Å². The molecule has 0 aromatic heterocycles. The van der Waals surface area contributed by atoms with E-state index in [0.29, 0.717) is 18.6 Å². The second-order valence-electron chi connectivity index (χ2n) is 4.94. The van der Waals surface area contributed by atoms with E-state index < -0.39 is 10.0 Å². The first-order chi connectivity index (χ1) is 10.5. The Labute approximate surface area is 131 Å². The van der Waals surface area contributed by atoms with Crippen LogP contribution in [0.5, 0.6) is 0 Å². The van der Waals surface area contributed by atoms with Crippen LogP contribution in [0.3, 0.4) is 0 Å². The Morgan fingerprint density at radius 1 is 1.09 bits per heavy atom. The number of ether oxygens (including phenoxy) is 2. The first-order valence-corrected chi connectivity index (χ1v) is 8.29. The molecule has 0 heterocycles. The molecule has 6 heteroatoms. The lowest BCUT2D eigenvalue weighted by Gasteiger charge is -2.16. The highest BCUT2D eigenvalue weighted by Crippen LogP contribution is 2.24. The molecule has 0 atom stereocenters. The van der Waals surface area contributed by atoms with E-state index in [1.54, 1.807) is 44.6 Å². The summed E-state index contributed by atoms with van der Waals surface area (Å²) >= 11 is 0. The summed E-state index contributed by atoms with van der Waals surface area (Å²) in [5, 5.41) is 0. The highest BCUT2D eigenvalue weighted by Gasteiger charge is 2.15. The maximum absolute atomic E-state index is 12.2.